The first-order valence-electron chi connectivity index (χ1n) is 42.0. The third kappa shape index (κ3) is 73.0. The van der Waals surface area contributed by atoms with Crippen molar-refractivity contribution >= 4 is 39.5 Å². The SMILES string of the molecule is CCCCCCCCCCCCCCCCCCCCC(=O)O[C@H](COC(=O)CCCCCCCCCCCCCCCC(C)C)COP(=O)(O)OC[C@@H](O)COP(=O)(O)OC[C@@H](COC(=O)CCCCCCCCCCC(C)CC)OC(=O)CCCCCCCCCCCCCCCC. The lowest BCUT2D eigenvalue weighted by molar-refractivity contribution is -0.161. The highest BCUT2D eigenvalue weighted by Crippen LogP contribution is 2.45. The molecule has 0 aliphatic rings. The van der Waals surface area contributed by atoms with E-state index in [2.05, 4.69) is 41.5 Å². The molecule has 0 aliphatic heterocycles. The number of aliphatic hydroxyl groups excluding tert-OH is 1. The lowest BCUT2D eigenvalue weighted by Gasteiger charge is -2.21. The summed E-state index contributed by atoms with van der Waals surface area (Å²) in [5.74, 6) is -0.538. The predicted octanol–water partition coefficient (Wildman–Crippen LogP) is 24.3. The van der Waals surface area contributed by atoms with Crippen LogP contribution in [0.15, 0.2) is 0 Å². The van der Waals surface area contributed by atoms with Crippen molar-refractivity contribution in [3.8, 4) is 0 Å². The van der Waals surface area contributed by atoms with Gasteiger partial charge in [0.05, 0.1) is 26.4 Å². The minimum Gasteiger partial charge on any atom is -0.462 e. The van der Waals surface area contributed by atoms with Crippen molar-refractivity contribution in [2.24, 2.45) is 11.8 Å². The average molecular weight is 1470 g/mol. The monoisotopic (exact) mass is 1470 g/mol. The van der Waals surface area contributed by atoms with E-state index >= 15 is 0 Å². The summed E-state index contributed by atoms with van der Waals surface area (Å²) in [6, 6.07) is 0. The van der Waals surface area contributed by atoms with Crippen LogP contribution in [0.3, 0.4) is 0 Å². The fraction of sp³-hybridized carbons (Fsp3) is 0.951. The normalized spacial score (nSPS) is 14.2. The van der Waals surface area contributed by atoms with E-state index in [1.807, 2.05) is 0 Å². The molecule has 0 spiro atoms. The highest BCUT2D eigenvalue weighted by molar-refractivity contribution is 7.47. The molecule has 6 atom stereocenters. The van der Waals surface area contributed by atoms with E-state index in [1.165, 1.54) is 244 Å². The third-order valence-corrected chi connectivity index (χ3v) is 21.2. The number of carbonyl (C=O) groups excluding carboxylic acids is 4. The van der Waals surface area contributed by atoms with Gasteiger partial charge in [-0.05, 0) is 37.5 Å². The van der Waals surface area contributed by atoms with E-state index < -0.39 is 97.5 Å². The number of phosphoric acid groups is 2. The van der Waals surface area contributed by atoms with Gasteiger partial charge in [0, 0.05) is 25.7 Å². The Kier molecular flexibility index (Phi) is 71.2. The standard InChI is InChI=1S/C81H158O17P2/c1-7-10-12-14-16-18-20-22-24-25-26-27-31-36-40-48-54-60-66-81(86)97-76(69-91-78(83)63-57-51-45-38-34-32-28-29-33-37-43-49-55-61-73(4)5)71-95-99(87,88)93-67-75(82)68-94-100(89,90)96-72-77(70-92-79(84)64-58-52-46-42-41-44-50-56-62-74(6)9-3)98-80(85)65-59-53-47-39-35-30-23-21-19-17-15-13-11-8-2/h73-77,82H,7-72H2,1-6H3,(H,87,88)(H,89,90)/t74?,75-,76-,77-/m1/s1. The summed E-state index contributed by atoms with van der Waals surface area (Å²) in [6.45, 7) is 9.66. The Morgan fingerprint density at radius 3 is 0.760 bits per heavy atom. The van der Waals surface area contributed by atoms with Crippen LogP contribution in [0.25, 0.3) is 0 Å². The first kappa shape index (κ1) is 98.1. The van der Waals surface area contributed by atoms with Crippen molar-refractivity contribution in [3.05, 3.63) is 0 Å². The van der Waals surface area contributed by atoms with E-state index in [0.29, 0.717) is 25.7 Å². The Bertz CT molecular complexity index is 1930. The number of aliphatic hydroxyl groups is 1. The molecule has 0 heterocycles. The second-order valence-electron chi connectivity index (χ2n) is 29.9. The molecule has 0 fully saturated rings. The van der Waals surface area contributed by atoms with Gasteiger partial charge in [0.25, 0.3) is 0 Å². The minimum atomic E-state index is -4.96. The van der Waals surface area contributed by atoms with Crippen LogP contribution in [0.5, 0.6) is 0 Å². The first-order valence-corrected chi connectivity index (χ1v) is 45.0. The Labute approximate surface area is 613 Å². The zero-order valence-corrected chi connectivity index (χ0v) is 67.3. The topological polar surface area (TPSA) is 237 Å². The van der Waals surface area contributed by atoms with Gasteiger partial charge in [-0.2, -0.15) is 0 Å². The van der Waals surface area contributed by atoms with Gasteiger partial charge < -0.3 is 33.8 Å². The number of phosphoric ester groups is 2. The van der Waals surface area contributed by atoms with Crippen molar-refractivity contribution < 1.29 is 80.2 Å². The molecule has 17 nitrogen and oxygen atoms in total. The zero-order valence-electron chi connectivity index (χ0n) is 65.5. The van der Waals surface area contributed by atoms with E-state index in [0.717, 1.165) is 102 Å². The van der Waals surface area contributed by atoms with Crippen LogP contribution in [0.2, 0.25) is 0 Å². The smallest absolute Gasteiger partial charge is 0.462 e. The van der Waals surface area contributed by atoms with Gasteiger partial charge in [-0.3, -0.25) is 37.3 Å². The van der Waals surface area contributed by atoms with Crippen molar-refractivity contribution in [2.75, 3.05) is 39.6 Å². The molecule has 0 aromatic carbocycles. The van der Waals surface area contributed by atoms with Gasteiger partial charge in [-0.15, -0.1) is 0 Å². The largest absolute Gasteiger partial charge is 0.472 e. The molecule has 0 amide bonds. The van der Waals surface area contributed by atoms with Crippen molar-refractivity contribution in [1.82, 2.24) is 0 Å². The molecule has 19 heteroatoms. The molecule has 100 heavy (non-hydrogen) atoms. The first-order chi connectivity index (χ1) is 48.4. The predicted molar refractivity (Wildman–Crippen MR) is 409 cm³/mol. The summed E-state index contributed by atoms with van der Waals surface area (Å²) in [4.78, 5) is 73.1. The highest BCUT2D eigenvalue weighted by atomic mass is 31.2. The highest BCUT2D eigenvalue weighted by Gasteiger charge is 2.30. The van der Waals surface area contributed by atoms with Gasteiger partial charge in [0.1, 0.15) is 19.3 Å². The van der Waals surface area contributed by atoms with Crippen molar-refractivity contribution in [3.63, 3.8) is 0 Å². The van der Waals surface area contributed by atoms with E-state index in [9.17, 15) is 43.2 Å². The van der Waals surface area contributed by atoms with Crippen LogP contribution in [-0.2, 0) is 65.4 Å². The summed E-state index contributed by atoms with van der Waals surface area (Å²) in [5.41, 5.74) is 0. The second kappa shape index (κ2) is 72.6. The summed E-state index contributed by atoms with van der Waals surface area (Å²) in [6.07, 6.45) is 62.3. The molecule has 594 valence electrons. The van der Waals surface area contributed by atoms with Gasteiger partial charge >= 0.3 is 39.5 Å². The zero-order chi connectivity index (χ0) is 73.5. The molecule has 0 saturated heterocycles. The van der Waals surface area contributed by atoms with E-state index in [1.54, 1.807) is 0 Å². The molecule has 0 radical (unpaired) electrons. The fourth-order valence-corrected chi connectivity index (χ4v) is 14.1. The number of unbranched alkanes of at least 4 members (excludes halogenated alkanes) is 49. The van der Waals surface area contributed by atoms with E-state index in [4.69, 9.17) is 37.0 Å². The van der Waals surface area contributed by atoms with Crippen LogP contribution in [-0.4, -0.2) is 96.7 Å². The molecule has 0 saturated carbocycles. The van der Waals surface area contributed by atoms with E-state index in [-0.39, 0.29) is 25.7 Å². The fourth-order valence-electron chi connectivity index (χ4n) is 12.5. The minimum absolute atomic E-state index is 0.108. The van der Waals surface area contributed by atoms with Crippen LogP contribution >= 0.6 is 15.6 Å². The average Bonchev–Trinajstić information content (AvgIpc) is 0.976. The molecular formula is C81H158O17P2. The maximum atomic E-state index is 13.1. The van der Waals surface area contributed by atoms with Crippen LogP contribution in [0.1, 0.15) is 427 Å². The maximum absolute atomic E-state index is 13.1. The van der Waals surface area contributed by atoms with Gasteiger partial charge in [-0.1, -0.05) is 375 Å². The van der Waals surface area contributed by atoms with Gasteiger partial charge in [0.15, 0.2) is 12.2 Å². The Balaban J connectivity index is 5.26. The Hall–Kier alpha value is -1.94. The molecule has 0 aromatic rings. The summed E-state index contributed by atoms with van der Waals surface area (Å²) in [5, 5.41) is 10.6. The number of esters is 4. The Morgan fingerprint density at radius 1 is 0.290 bits per heavy atom. The summed E-state index contributed by atoms with van der Waals surface area (Å²) < 4.78 is 68.8. The summed E-state index contributed by atoms with van der Waals surface area (Å²) in [7, 11) is -9.92. The summed E-state index contributed by atoms with van der Waals surface area (Å²) >= 11 is 0. The van der Waals surface area contributed by atoms with Crippen LogP contribution in [0.4, 0.5) is 0 Å². The van der Waals surface area contributed by atoms with Gasteiger partial charge in [0.2, 0.25) is 0 Å². The third-order valence-electron chi connectivity index (χ3n) is 19.3. The lowest BCUT2D eigenvalue weighted by atomic mass is 9.99. The Morgan fingerprint density at radius 2 is 0.510 bits per heavy atom. The molecular weight excluding hydrogens is 1310 g/mol. The molecule has 0 bridgehead atoms. The quantitative estimate of drug-likeness (QED) is 0.0222. The number of ether oxygens (including phenoxy) is 4. The van der Waals surface area contributed by atoms with Crippen LogP contribution in [0, 0.1) is 11.8 Å². The number of rotatable bonds is 80. The van der Waals surface area contributed by atoms with Crippen LogP contribution < -0.4 is 0 Å². The van der Waals surface area contributed by atoms with Gasteiger partial charge in [-0.25, -0.2) is 9.13 Å². The second-order valence-corrected chi connectivity index (χ2v) is 32.8. The molecule has 0 rings (SSSR count). The maximum Gasteiger partial charge on any atom is 0.472 e. The molecule has 0 aliphatic carbocycles. The number of carbonyl (C=O) groups is 4. The molecule has 3 unspecified atom stereocenters. The van der Waals surface area contributed by atoms with Crippen molar-refractivity contribution in [2.45, 2.75) is 445 Å². The molecule has 0 aromatic heterocycles. The number of hydrogen-bond donors (Lipinski definition) is 3. The van der Waals surface area contributed by atoms with Crippen molar-refractivity contribution in [1.29, 1.82) is 0 Å². The lowest BCUT2D eigenvalue weighted by Crippen LogP contribution is -2.30. The number of hydrogen-bond acceptors (Lipinski definition) is 15. The molecule has 3 N–H and O–H groups in total.